The Labute approximate surface area is 100 Å². The molecule has 0 radical (unpaired) electrons. The predicted molar refractivity (Wildman–Crippen MR) is 68.5 cm³/mol. The lowest BCUT2D eigenvalue weighted by Crippen LogP contribution is -2.31. The summed E-state index contributed by atoms with van der Waals surface area (Å²) in [6, 6.07) is 1.72. The van der Waals surface area contributed by atoms with Crippen molar-refractivity contribution in [2.45, 2.75) is 20.3 Å². The summed E-state index contributed by atoms with van der Waals surface area (Å²) in [7, 11) is 0. The maximum absolute atomic E-state index is 12.1. The van der Waals surface area contributed by atoms with Crippen LogP contribution >= 0.6 is 11.3 Å². The van der Waals surface area contributed by atoms with Gasteiger partial charge in [-0.25, -0.2) is 0 Å². The van der Waals surface area contributed by atoms with E-state index in [4.69, 9.17) is 12.2 Å². The molecule has 86 valence electrons. The topological polar surface area (TPSA) is 46.3 Å². The number of hydrogen-bond acceptors (Lipinski definition) is 3. The van der Waals surface area contributed by atoms with Crippen molar-refractivity contribution in [2.24, 2.45) is 0 Å². The molecule has 1 aromatic rings. The number of carbonyl (C=O) groups is 1. The molecule has 16 heavy (non-hydrogen) atoms. The zero-order valence-corrected chi connectivity index (χ0v) is 10.4. The van der Waals surface area contributed by atoms with E-state index in [1.54, 1.807) is 11.0 Å². The van der Waals surface area contributed by atoms with Crippen molar-refractivity contribution in [1.82, 2.24) is 4.90 Å². The van der Waals surface area contributed by atoms with Crippen molar-refractivity contribution >= 4 is 22.9 Å². The van der Waals surface area contributed by atoms with Crippen molar-refractivity contribution in [1.29, 1.82) is 0 Å². The fraction of sp³-hybridized carbons (Fsp3) is 0.417. The van der Waals surface area contributed by atoms with Gasteiger partial charge in [-0.1, -0.05) is 12.8 Å². The van der Waals surface area contributed by atoms with Crippen LogP contribution in [0.15, 0.2) is 6.07 Å². The second-order valence-electron chi connectivity index (χ2n) is 3.55. The summed E-state index contributed by atoms with van der Waals surface area (Å²) < 4.78 is 0. The molecule has 2 N–H and O–H groups in total. The lowest BCUT2D eigenvalue weighted by Gasteiger charge is -2.18. The Morgan fingerprint density at radius 3 is 2.81 bits per heavy atom. The molecule has 0 aliphatic carbocycles. The van der Waals surface area contributed by atoms with E-state index in [1.165, 1.54) is 11.3 Å². The van der Waals surface area contributed by atoms with E-state index in [1.807, 2.05) is 13.8 Å². The van der Waals surface area contributed by atoms with Gasteiger partial charge in [-0.15, -0.1) is 17.8 Å². The van der Waals surface area contributed by atoms with Crippen LogP contribution in [-0.2, 0) is 0 Å². The van der Waals surface area contributed by atoms with E-state index in [0.717, 1.165) is 11.3 Å². The Kier molecular flexibility index (Phi) is 4.39. The SMILES string of the molecule is C#CCN(CCC)C(=O)c1cc(N)c(C)s1. The predicted octanol–water partition coefficient (Wildman–Crippen LogP) is 2.12. The van der Waals surface area contributed by atoms with Gasteiger partial charge in [-0.3, -0.25) is 4.79 Å². The van der Waals surface area contributed by atoms with Gasteiger partial charge in [-0.05, 0) is 19.4 Å². The molecule has 1 amide bonds. The first kappa shape index (κ1) is 12.6. The molecular weight excluding hydrogens is 220 g/mol. The van der Waals surface area contributed by atoms with Gasteiger partial charge in [0.2, 0.25) is 0 Å². The third-order valence-corrected chi connectivity index (χ3v) is 3.28. The zero-order chi connectivity index (χ0) is 12.1. The highest BCUT2D eigenvalue weighted by molar-refractivity contribution is 7.14. The molecule has 0 saturated carbocycles. The molecule has 0 fully saturated rings. The van der Waals surface area contributed by atoms with Gasteiger partial charge in [0.15, 0.2) is 0 Å². The summed E-state index contributed by atoms with van der Waals surface area (Å²) in [4.78, 5) is 15.4. The minimum absolute atomic E-state index is 0.0235. The van der Waals surface area contributed by atoms with Crippen LogP contribution in [0.3, 0.4) is 0 Å². The molecule has 1 heterocycles. The molecule has 0 aliphatic heterocycles. The van der Waals surface area contributed by atoms with Crippen molar-refractivity contribution in [3.05, 3.63) is 15.8 Å². The average molecular weight is 236 g/mol. The molecular formula is C12H16N2OS. The molecule has 1 rings (SSSR count). The Morgan fingerprint density at radius 1 is 1.69 bits per heavy atom. The number of anilines is 1. The number of hydrogen-bond donors (Lipinski definition) is 1. The number of amides is 1. The largest absolute Gasteiger partial charge is 0.398 e. The van der Waals surface area contributed by atoms with Crippen LogP contribution in [0.25, 0.3) is 0 Å². The molecule has 3 nitrogen and oxygen atoms in total. The molecule has 0 spiro atoms. The van der Waals surface area contributed by atoms with E-state index in [9.17, 15) is 4.79 Å². The first-order chi connectivity index (χ1) is 7.60. The first-order valence-electron chi connectivity index (χ1n) is 5.18. The highest BCUT2D eigenvalue weighted by atomic mass is 32.1. The highest BCUT2D eigenvalue weighted by Gasteiger charge is 2.17. The quantitative estimate of drug-likeness (QED) is 0.814. The number of terminal acetylenes is 1. The van der Waals surface area contributed by atoms with Crippen molar-refractivity contribution in [3.63, 3.8) is 0 Å². The molecule has 0 atom stereocenters. The van der Waals surface area contributed by atoms with E-state index in [-0.39, 0.29) is 5.91 Å². The smallest absolute Gasteiger partial charge is 0.264 e. The van der Waals surface area contributed by atoms with Gasteiger partial charge in [0.1, 0.15) is 0 Å². The number of rotatable bonds is 4. The molecule has 0 unspecified atom stereocenters. The van der Waals surface area contributed by atoms with Gasteiger partial charge in [0.05, 0.1) is 11.4 Å². The Balaban J connectivity index is 2.86. The molecule has 1 aromatic heterocycles. The second-order valence-corrected chi connectivity index (χ2v) is 4.81. The minimum atomic E-state index is -0.0235. The van der Waals surface area contributed by atoms with Crippen LogP contribution in [0.2, 0.25) is 0 Å². The Hall–Kier alpha value is -1.47. The molecule has 4 heteroatoms. The second kappa shape index (κ2) is 5.57. The van der Waals surface area contributed by atoms with Gasteiger partial charge in [0.25, 0.3) is 5.91 Å². The number of nitrogens with two attached hydrogens (primary N) is 1. The summed E-state index contributed by atoms with van der Waals surface area (Å²) in [5.41, 5.74) is 6.40. The summed E-state index contributed by atoms with van der Waals surface area (Å²) in [6.07, 6.45) is 6.14. The summed E-state index contributed by atoms with van der Waals surface area (Å²) in [5, 5.41) is 0. The average Bonchev–Trinajstić information content (AvgIpc) is 2.58. The van der Waals surface area contributed by atoms with Crippen molar-refractivity contribution in [2.75, 3.05) is 18.8 Å². The van der Waals surface area contributed by atoms with Crippen LogP contribution in [-0.4, -0.2) is 23.9 Å². The number of aryl methyl sites for hydroxylation is 1. The van der Waals surface area contributed by atoms with Gasteiger partial charge < -0.3 is 10.6 Å². The normalized spacial score (nSPS) is 9.81. The van der Waals surface area contributed by atoms with Crippen LogP contribution in [0.5, 0.6) is 0 Å². The fourth-order valence-corrected chi connectivity index (χ4v) is 2.30. The van der Waals surface area contributed by atoms with Gasteiger partial charge in [-0.2, -0.15) is 0 Å². The summed E-state index contributed by atoms with van der Waals surface area (Å²) in [5.74, 6) is 2.48. The maximum Gasteiger partial charge on any atom is 0.264 e. The summed E-state index contributed by atoms with van der Waals surface area (Å²) in [6.45, 7) is 4.95. The monoisotopic (exact) mass is 236 g/mol. The highest BCUT2D eigenvalue weighted by Crippen LogP contribution is 2.24. The Morgan fingerprint density at radius 2 is 2.38 bits per heavy atom. The van der Waals surface area contributed by atoms with E-state index >= 15 is 0 Å². The minimum Gasteiger partial charge on any atom is -0.398 e. The van der Waals surface area contributed by atoms with Crippen LogP contribution in [0.4, 0.5) is 5.69 Å². The van der Waals surface area contributed by atoms with Crippen LogP contribution in [0.1, 0.15) is 27.9 Å². The lowest BCUT2D eigenvalue weighted by molar-refractivity contribution is 0.0781. The molecule has 0 aromatic carbocycles. The Bertz CT molecular complexity index is 398. The number of nitrogens with zero attached hydrogens (tertiary/aromatic N) is 1. The van der Waals surface area contributed by atoms with E-state index < -0.39 is 0 Å². The van der Waals surface area contributed by atoms with Gasteiger partial charge >= 0.3 is 0 Å². The van der Waals surface area contributed by atoms with Crippen LogP contribution in [0, 0.1) is 19.3 Å². The van der Waals surface area contributed by atoms with E-state index in [2.05, 4.69) is 5.92 Å². The van der Waals surface area contributed by atoms with Gasteiger partial charge in [0, 0.05) is 17.1 Å². The van der Waals surface area contributed by atoms with Crippen LogP contribution < -0.4 is 5.73 Å². The lowest BCUT2D eigenvalue weighted by atomic mass is 10.3. The van der Waals surface area contributed by atoms with Crippen molar-refractivity contribution < 1.29 is 4.79 Å². The standard InChI is InChI=1S/C12H16N2OS/c1-4-6-14(7-5-2)12(15)11-8-10(13)9(3)16-11/h1,8H,5-7,13H2,2-3H3. The third-order valence-electron chi connectivity index (χ3n) is 2.23. The number of nitrogen functional groups attached to an aromatic ring is 1. The van der Waals surface area contributed by atoms with Crippen molar-refractivity contribution in [3.8, 4) is 12.3 Å². The first-order valence-corrected chi connectivity index (χ1v) is 6.00. The molecule has 0 saturated heterocycles. The fourth-order valence-electron chi connectivity index (χ4n) is 1.39. The molecule has 0 aliphatic rings. The third kappa shape index (κ3) is 2.77. The van der Waals surface area contributed by atoms with E-state index in [0.29, 0.717) is 23.7 Å². The molecule has 0 bridgehead atoms. The summed E-state index contributed by atoms with van der Waals surface area (Å²) >= 11 is 1.42. The number of thiophene rings is 1. The zero-order valence-electron chi connectivity index (χ0n) is 9.62. The number of carbonyl (C=O) groups excluding carboxylic acids is 1. The maximum atomic E-state index is 12.1.